The van der Waals surface area contributed by atoms with Crippen LogP contribution in [-0.4, -0.2) is 76.4 Å². The van der Waals surface area contributed by atoms with Gasteiger partial charge in [-0.15, -0.1) is 0 Å². The zero-order valence-corrected chi connectivity index (χ0v) is 22.8. The lowest BCUT2D eigenvalue weighted by Crippen LogP contribution is -2.61. The van der Waals surface area contributed by atoms with Gasteiger partial charge in [0.1, 0.15) is 6.04 Å². The lowest BCUT2D eigenvalue weighted by atomic mass is 9.86. The van der Waals surface area contributed by atoms with Gasteiger partial charge in [0.25, 0.3) is 0 Å². The fourth-order valence-electron chi connectivity index (χ4n) is 5.05. The van der Waals surface area contributed by atoms with E-state index in [-0.39, 0.29) is 23.1 Å². The van der Waals surface area contributed by atoms with Gasteiger partial charge in [-0.2, -0.15) is 0 Å². The van der Waals surface area contributed by atoms with Crippen LogP contribution in [0.2, 0.25) is 0 Å². The average Bonchev–Trinajstić information content (AvgIpc) is 3.23. The quantitative estimate of drug-likeness (QED) is 0.213. The van der Waals surface area contributed by atoms with Crippen LogP contribution in [0, 0.1) is 31.1 Å². The smallest absolute Gasteiger partial charge is 0.360 e. The third kappa shape index (κ3) is 5.75. The number of aliphatic carboxylic acids is 2. The number of carbonyl (C=O) groups is 5. The summed E-state index contributed by atoms with van der Waals surface area (Å²) < 4.78 is 9.60. The van der Waals surface area contributed by atoms with E-state index >= 15 is 0 Å². The highest BCUT2D eigenvalue weighted by Crippen LogP contribution is 2.62. The fraction of sp³-hybridized carbons (Fsp3) is 0.414. The van der Waals surface area contributed by atoms with Gasteiger partial charge in [-0.3, -0.25) is 9.59 Å². The molecule has 0 aromatic heterocycles. The molecule has 1 aliphatic carbocycles. The summed E-state index contributed by atoms with van der Waals surface area (Å²) in [7, 11) is 1.45. The molecule has 40 heavy (non-hydrogen) atoms. The molecule has 1 saturated heterocycles. The molecule has 0 radical (unpaired) electrons. The summed E-state index contributed by atoms with van der Waals surface area (Å²) >= 11 is 0. The Morgan fingerprint density at radius 2 is 1.43 bits per heavy atom. The number of nitrogens with one attached hydrogen (secondary N) is 1. The number of piperidine rings is 1. The van der Waals surface area contributed by atoms with Crippen molar-refractivity contribution in [1.82, 2.24) is 5.32 Å². The molecule has 2 aliphatic rings. The predicted octanol–water partition coefficient (Wildman–Crippen LogP) is 2.02. The molecule has 11 heteroatoms. The van der Waals surface area contributed by atoms with Crippen LogP contribution in [0.5, 0.6) is 0 Å². The SMILES string of the molecule is COC(=O)[C@@H]1NC[C@@H]2[C@H]1C2(C)C.Cc1ccc(C(=O)O[C@](C(=O)O)(C(=O)c2ccc(C)cc2)[C@@H](O)C(=O)O)cc1. The topological polar surface area (TPSA) is 177 Å². The highest BCUT2D eigenvalue weighted by molar-refractivity contribution is 6.19. The number of hydrogen-bond donors (Lipinski definition) is 4. The van der Waals surface area contributed by atoms with Gasteiger partial charge in [-0.05, 0) is 49.8 Å². The molecule has 1 heterocycles. The second-order valence-corrected chi connectivity index (χ2v) is 10.6. The normalized spacial score (nSPS) is 22.3. The van der Waals surface area contributed by atoms with Crippen LogP contribution in [0.15, 0.2) is 48.5 Å². The van der Waals surface area contributed by atoms with Crippen LogP contribution in [0.4, 0.5) is 0 Å². The van der Waals surface area contributed by atoms with Crippen molar-refractivity contribution in [2.45, 2.75) is 45.4 Å². The Morgan fingerprint density at radius 1 is 0.925 bits per heavy atom. The van der Waals surface area contributed by atoms with Gasteiger partial charge in [0.15, 0.2) is 0 Å². The Morgan fingerprint density at radius 3 is 1.82 bits per heavy atom. The minimum Gasteiger partial charge on any atom is -0.479 e. The van der Waals surface area contributed by atoms with Crippen molar-refractivity contribution in [2.75, 3.05) is 13.7 Å². The number of aryl methyl sites for hydroxylation is 2. The number of carboxylic acid groups (broad SMARTS) is 2. The largest absolute Gasteiger partial charge is 0.479 e. The van der Waals surface area contributed by atoms with Gasteiger partial charge in [0.05, 0.1) is 12.7 Å². The molecule has 0 spiro atoms. The molecule has 1 saturated carbocycles. The number of Topliss-reactive ketones (excluding diaryl/α,β-unsaturated/α-hetero) is 1. The first-order chi connectivity index (χ1) is 18.7. The summed E-state index contributed by atoms with van der Waals surface area (Å²) in [5.41, 5.74) is -1.78. The van der Waals surface area contributed by atoms with E-state index in [1.807, 2.05) is 0 Å². The Kier molecular flexibility index (Phi) is 8.81. The number of aliphatic hydroxyl groups excluding tert-OH is 1. The first-order valence-corrected chi connectivity index (χ1v) is 12.5. The van der Waals surface area contributed by atoms with E-state index in [9.17, 15) is 34.2 Å². The van der Waals surface area contributed by atoms with Gasteiger partial charge in [0, 0.05) is 5.56 Å². The summed E-state index contributed by atoms with van der Waals surface area (Å²) in [5.74, 6) is -5.67. The van der Waals surface area contributed by atoms with Crippen LogP contribution in [0.1, 0.15) is 45.7 Å². The first-order valence-electron chi connectivity index (χ1n) is 12.5. The van der Waals surface area contributed by atoms with Crippen LogP contribution in [0.25, 0.3) is 0 Å². The number of esters is 2. The molecular weight excluding hydrogens is 522 g/mol. The number of aliphatic hydroxyl groups is 1. The van der Waals surface area contributed by atoms with Gasteiger partial charge in [0.2, 0.25) is 11.9 Å². The maximum absolute atomic E-state index is 12.9. The van der Waals surface area contributed by atoms with E-state index in [2.05, 4.69) is 19.2 Å². The second-order valence-electron chi connectivity index (χ2n) is 10.6. The standard InChI is InChI=1S/C20H18O8.C9H15NO2/c1-11-3-7-13(8-4-11)15(21)20(19(26)27,16(22)17(23)24)28-18(25)14-9-5-12(2)6-10-14;1-9(2)5-4-10-7(6(5)9)8(11)12-3/h3-10,16,22H,1-2H3,(H,23,24)(H,26,27);5-7,10H,4H2,1-3H3/t16-,20+;5-,6-,7-/m01/s1. The van der Waals surface area contributed by atoms with Gasteiger partial charge in [-0.1, -0.05) is 61.4 Å². The van der Waals surface area contributed by atoms with Crippen LogP contribution in [-0.2, 0) is 23.9 Å². The molecule has 5 atom stereocenters. The van der Waals surface area contributed by atoms with E-state index in [1.165, 1.54) is 43.5 Å². The number of carbonyl (C=O) groups excluding carboxylic acids is 3. The van der Waals surface area contributed by atoms with Crippen molar-refractivity contribution >= 4 is 29.7 Å². The van der Waals surface area contributed by atoms with E-state index < -0.39 is 35.4 Å². The molecule has 214 valence electrons. The maximum atomic E-state index is 12.9. The molecule has 11 nitrogen and oxygen atoms in total. The van der Waals surface area contributed by atoms with Crippen molar-refractivity contribution in [3.63, 3.8) is 0 Å². The van der Waals surface area contributed by atoms with E-state index in [1.54, 1.807) is 26.0 Å². The third-order valence-corrected chi connectivity index (χ3v) is 7.64. The fourth-order valence-corrected chi connectivity index (χ4v) is 5.05. The molecule has 2 fully saturated rings. The van der Waals surface area contributed by atoms with Gasteiger partial charge < -0.3 is 30.1 Å². The highest BCUT2D eigenvalue weighted by Gasteiger charge is 2.66. The number of hydrogen-bond acceptors (Lipinski definition) is 9. The molecule has 0 amide bonds. The molecule has 0 unspecified atom stereocenters. The van der Waals surface area contributed by atoms with E-state index in [0.29, 0.717) is 17.3 Å². The summed E-state index contributed by atoms with van der Waals surface area (Å²) in [6, 6.07) is 11.2. The maximum Gasteiger partial charge on any atom is 0.360 e. The molecule has 0 bridgehead atoms. The van der Waals surface area contributed by atoms with Crippen molar-refractivity contribution in [3.8, 4) is 0 Å². The monoisotopic (exact) mass is 555 g/mol. The Balaban J connectivity index is 0.000000302. The molecule has 2 aromatic rings. The summed E-state index contributed by atoms with van der Waals surface area (Å²) in [5, 5.41) is 32.1. The average molecular weight is 556 g/mol. The number of methoxy groups -OCH3 is 1. The Bertz CT molecular complexity index is 1300. The number of fused-ring (bicyclic) bond motifs is 1. The number of rotatable bonds is 8. The zero-order chi connectivity index (χ0) is 30.0. The second kappa shape index (κ2) is 11.6. The zero-order valence-electron chi connectivity index (χ0n) is 22.8. The number of carboxylic acids is 2. The van der Waals surface area contributed by atoms with Crippen molar-refractivity contribution < 1.29 is 48.8 Å². The number of ether oxygens (including phenoxy) is 2. The van der Waals surface area contributed by atoms with E-state index in [4.69, 9.17) is 14.6 Å². The molecule has 4 rings (SSSR count). The molecule has 1 aliphatic heterocycles. The Hall–Kier alpha value is -4.09. The van der Waals surface area contributed by atoms with Crippen molar-refractivity contribution in [3.05, 3.63) is 70.8 Å². The predicted molar refractivity (Wildman–Crippen MR) is 141 cm³/mol. The van der Waals surface area contributed by atoms with Crippen LogP contribution < -0.4 is 5.32 Å². The lowest BCUT2D eigenvalue weighted by molar-refractivity contribution is -0.176. The summed E-state index contributed by atoms with van der Waals surface area (Å²) in [6.45, 7) is 8.89. The summed E-state index contributed by atoms with van der Waals surface area (Å²) in [6.07, 6.45) is -2.83. The first kappa shape index (κ1) is 30.5. The summed E-state index contributed by atoms with van der Waals surface area (Å²) in [4.78, 5) is 59.9. The van der Waals surface area contributed by atoms with Crippen molar-refractivity contribution in [2.24, 2.45) is 17.3 Å². The van der Waals surface area contributed by atoms with Gasteiger partial charge >= 0.3 is 29.5 Å². The molecule has 2 aromatic carbocycles. The minimum absolute atomic E-state index is 0.0463. The van der Waals surface area contributed by atoms with Gasteiger partial charge in [-0.25, -0.2) is 14.4 Å². The highest BCUT2D eigenvalue weighted by atomic mass is 16.6. The molecule has 4 N–H and O–H groups in total. The third-order valence-electron chi connectivity index (χ3n) is 7.64. The van der Waals surface area contributed by atoms with Crippen LogP contribution >= 0.6 is 0 Å². The lowest BCUT2D eigenvalue weighted by Gasteiger charge is -2.30. The van der Waals surface area contributed by atoms with Crippen LogP contribution in [0.3, 0.4) is 0 Å². The number of ketones is 1. The minimum atomic E-state index is -3.36. The van der Waals surface area contributed by atoms with Crippen molar-refractivity contribution in [1.29, 1.82) is 0 Å². The number of benzene rings is 2. The molecular formula is C29H33NO10. The van der Waals surface area contributed by atoms with E-state index in [0.717, 1.165) is 17.7 Å². The Labute approximate surface area is 231 Å².